The molecule has 0 spiro atoms. The molecule has 0 atom stereocenters. The van der Waals surface area contributed by atoms with E-state index in [4.69, 9.17) is 6.42 Å². The fourth-order valence-electron chi connectivity index (χ4n) is 0.981. The van der Waals surface area contributed by atoms with Crippen molar-refractivity contribution in [2.24, 2.45) is 0 Å². The standard InChI is InChI=1S/C10H14N2S2/c1-3-5-13-6-4-11-7-10-8-14-9(2)12-10/h1,8,11H,4-7H2,2H3. The van der Waals surface area contributed by atoms with Gasteiger partial charge in [0.2, 0.25) is 0 Å². The lowest BCUT2D eigenvalue weighted by atomic mass is 10.5. The van der Waals surface area contributed by atoms with E-state index in [1.165, 1.54) is 0 Å². The fraction of sp³-hybridized carbons (Fsp3) is 0.500. The van der Waals surface area contributed by atoms with Gasteiger partial charge in [0.25, 0.3) is 0 Å². The van der Waals surface area contributed by atoms with Crippen LogP contribution in [0.3, 0.4) is 0 Å². The Morgan fingerprint density at radius 2 is 2.57 bits per heavy atom. The highest BCUT2D eigenvalue weighted by Gasteiger charge is 1.96. The second kappa shape index (κ2) is 6.88. The summed E-state index contributed by atoms with van der Waals surface area (Å²) in [6.45, 7) is 3.88. The fourth-order valence-corrected chi connectivity index (χ4v) is 2.14. The van der Waals surface area contributed by atoms with Crippen molar-refractivity contribution in [3.05, 3.63) is 16.1 Å². The highest BCUT2D eigenvalue weighted by atomic mass is 32.2. The van der Waals surface area contributed by atoms with Crippen LogP contribution in [0.25, 0.3) is 0 Å². The Balaban J connectivity index is 2.02. The lowest BCUT2D eigenvalue weighted by Gasteiger charge is -2.00. The number of terminal acetylenes is 1. The predicted octanol–water partition coefficient (Wildman–Crippen LogP) is 1.91. The molecule has 0 amide bonds. The number of thioether (sulfide) groups is 1. The van der Waals surface area contributed by atoms with Crippen LogP contribution in [-0.4, -0.2) is 23.0 Å². The first kappa shape index (κ1) is 11.6. The number of thiazole rings is 1. The van der Waals surface area contributed by atoms with Crippen LogP contribution in [0.4, 0.5) is 0 Å². The number of hydrogen-bond acceptors (Lipinski definition) is 4. The Labute approximate surface area is 93.5 Å². The third-order valence-corrected chi connectivity index (χ3v) is 3.27. The largest absolute Gasteiger partial charge is 0.310 e. The van der Waals surface area contributed by atoms with Gasteiger partial charge < -0.3 is 5.32 Å². The summed E-state index contributed by atoms with van der Waals surface area (Å²) in [5, 5.41) is 6.55. The zero-order valence-corrected chi connectivity index (χ0v) is 9.88. The Hall–Kier alpha value is -0.500. The van der Waals surface area contributed by atoms with E-state index in [2.05, 4.69) is 21.6 Å². The minimum Gasteiger partial charge on any atom is -0.310 e. The smallest absolute Gasteiger partial charge is 0.0897 e. The molecule has 0 aliphatic heterocycles. The molecule has 0 radical (unpaired) electrons. The van der Waals surface area contributed by atoms with Gasteiger partial charge in [-0.25, -0.2) is 4.98 Å². The Morgan fingerprint density at radius 3 is 3.21 bits per heavy atom. The van der Waals surface area contributed by atoms with E-state index >= 15 is 0 Å². The molecule has 1 aromatic heterocycles. The predicted molar refractivity (Wildman–Crippen MR) is 64.7 cm³/mol. The van der Waals surface area contributed by atoms with E-state index in [0.29, 0.717) is 0 Å². The van der Waals surface area contributed by atoms with Crippen molar-refractivity contribution in [3.63, 3.8) is 0 Å². The zero-order chi connectivity index (χ0) is 10.2. The van der Waals surface area contributed by atoms with Crippen molar-refractivity contribution in [3.8, 4) is 12.3 Å². The molecule has 2 nitrogen and oxygen atoms in total. The molecule has 76 valence electrons. The summed E-state index contributed by atoms with van der Waals surface area (Å²) in [7, 11) is 0. The number of hydrogen-bond donors (Lipinski definition) is 1. The van der Waals surface area contributed by atoms with E-state index in [0.717, 1.165) is 35.3 Å². The topological polar surface area (TPSA) is 24.9 Å². The summed E-state index contributed by atoms with van der Waals surface area (Å²) in [4.78, 5) is 4.36. The normalized spacial score (nSPS) is 10.0. The van der Waals surface area contributed by atoms with E-state index in [-0.39, 0.29) is 0 Å². The van der Waals surface area contributed by atoms with Crippen LogP contribution in [0, 0.1) is 19.3 Å². The van der Waals surface area contributed by atoms with Gasteiger partial charge in [-0.2, -0.15) is 0 Å². The molecular weight excluding hydrogens is 212 g/mol. The van der Waals surface area contributed by atoms with Crippen LogP contribution in [0.2, 0.25) is 0 Å². The molecule has 0 saturated heterocycles. The molecule has 0 aliphatic rings. The molecule has 4 heteroatoms. The van der Waals surface area contributed by atoms with Crippen molar-refractivity contribution >= 4 is 23.1 Å². The third-order valence-electron chi connectivity index (χ3n) is 1.58. The lowest BCUT2D eigenvalue weighted by Crippen LogP contribution is -2.16. The number of aryl methyl sites for hydroxylation is 1. The molecule has 1 rings (SSSR count). The van der Waals surface area contributed by atoms with Gasteiger partial charge in [0, 0.05) is 24.2 Å². The lowest BCUT2D eigenvalue weighted by molar-refractivity contribution is 0.718. The molecule has 0 bridgehead atoms. The molecule has 0 fully saturated rings. The molecule has 1 N–H and O–H groups in total. The van der Waals surface area contributed by atoms with Gasteiger partial charge in [-0.05, 0) is 6.92 Å². The average Bonchev–Trinajstić information content (AvgIpc) is 2.58. The summed E-state index contributed by atoms with van der Waals surface area (Å²) in [6, 6.07) is 0. The number of rotatable bonds is 6. The quantitative estimate of drug-likeness (QED) is 0.592. The zero-order valence-electron chi connectivity index (χ0n) is 8.25. The van der Waals surface area contributed by atoms with Crippen molar-refractivity contribution in [1.29, 1.82) is 0 Å². The molecule has 1 heterocycles. The minimum absolute atomic E-state index is 0.803. The second-order valence-corrected chi connectivity index (χ2v) is 4.96. The number of nitrogens with one attached hydrogen (secondary N) is 1. The maximum absolute atomic E-state index is 5.14. The van der Waals surface area contributed by atoms with E-state index in [1.807, 2.05) is 6.92 Å². The van der Waals surface area contributed by atoms with Crippen molar-refractivity contribution in [2.75, 3.05) is 18.1 Å². The van der Waals surface area contributed by atoms with Gasteiger partial charge in [0.1, 0.15) is 0 Å². The first-order valence-electron chi connectivity index (χ1n) is 4.46. The van der Waals surface area contributed by atoms with Crippen LogP contribution in [-0.2, 0) is 6.54 Å². The first-order chi connectivity index (χ1) is 6.83. The molecule has 1 aromatic rings. The van der Waals surface area contributed by atoms with Gasteiger partial charge in [-0.1, -0.05) is 5.92 Å². The maximum Gasteiger partial charge on any atom is 0.0897 e. The van der Waals surface area contributed by atoms with Crippen LogP contribution < -0.4 is 5.32 Å². The summed E-state index contributed by atoms with van der Waals surface area (Å²) >= 11 is 3.47. The van der Waals surface area contributed by atoms with Crippen LogP contribution in [0.15, 0.2) is 5.38 Å². The highest BCUT2D eigenvalue weighted by Crippen LogP contribution is 2.07. The average molecular weight is 226 g/mol. The Kier molecular flexibility index (Phi) is 5.69. The van der Waals surface area contributed by atoms with E-state index in [1.54, 1.807) is 23.1 Å². The van der Waals surface area contributed by atoms with Crippen molar-refractivity contribution in [1.82, 2.24) is 10.3 Å². The van der Waals surface area contributed by atoms with E-state index < -0.39 is 0 Å². The second-order valence-electron chi connectivity index (χ2n) is 2.79. The van der Waals surface area contributed by atoms with Crippen LogP contribution in [0.1, 0.15) is 10.7 Å². The monoisotopic (exact) mass is 226 g/mol. The number of nitrogens with zero attached hydrogens (tertiary/aromatic N) is 1. The molecule has 0 saturated carbocycles. The molecule has 14 heavy (non-hydrogen) atoms. The Bertz CT molecular complexity index is 301. The summed E-state index contributed by atoms with van der Waals surface area (Å²) in [6.07, 6.45) is 5.14. The summed E-state index contributed by atoms with van der Waals surface area (Å²) in [5.74, 6) is 4.47. The Morgan fingerprint density at radius 1 is 1.71 bits per heavy atom. The highest BCUT2D eigenvalue weighted by molar-refractivity contribution is 7.99. The van der Waals surface area contributed by atoms with Crippen molar-refractivity contribution in [2.45, 2.75) is 13.5 Å². The van der Waals surface area contributed by atoms with Gasteiger partial charge in [0.15, 0.2) is 0 Å². The minimum atomic E-state index is 0.803. The summed E-state index contributed by atoms with van der Waals surface area (Å²) in [5.41, 5.74) is 1.13. The van der Waals surface area contributed by atoms with Gasteiger partial charge >= 0.3 is 0 Å². The first-order valence-corrected chi connectivity index (χ1v) is 6.49. The van der Waals surface area contributed by atoms with Gasteiger partial charge in [0.05, 0.1) is 16.5 Å². The van der Waals surface area contributed by atoms with Crippen molar-refractivity contribution < 1.29 is 0 Å². The van der Waals surface area contributed by atoms with Crippen LogP contribution >= 0.6 is 23.1 Å². The number of aromatic nitrogens is 1. The maximum atomic E-state index is 5.14. The van der Waals surface area contributed by atoms with Gasteiger partial charge in [-0.3, -0.25) is 0 Å². The van der Waals surface area contributed by atoms with Crippen LogP contribution in [0.5, 0.6) is 0 Å². The van der Waals surface area contributed by atoms with Gasteiger partial charge in [-0.15, -0.1) is 29.5 Å². The molecule has 0 aromatic carbocycles. The molecule has 0 aliphatic carbocycles. The van der Waals surface area contributed by atoms with E-state index in [9.17, 15) is 0 Å². The summed E-state index contributed by atoms with van der Waals surface area (Å²) < 4.78 is 0. The SMILES string of the molecule is C#CCSCCNCc1csc(C)n1. The third kappa shape index (κ3) is 4.66. The molecule has 0 unspecified atom stereocenters. The molecular formula is C10H14N2S2.